The molecule has 0 aliphatic carbocycles. The minimum Gasteiger partial charge on any atom is -0.497 e. The Labute approximate surface area is 189 Å². The molecular formula is C26H22N4O3. The molecule has 0 atom stereocenters. The first kappa shape index (κ1) is 20.5. The lowest BCUT2D eigenvalue weighted by Gasteiger charge is -2.07. The van der Waals surface area contributed by atoms with Crippen molar-refractivity contribution in [3.63, 3.8) is 0 Å². The molecule has 7 heteroatoms. The van der Waals surface area contributed by atoms with Crippen LogP contribution in [0.2, 0.25) is 0 Å². The van der Waals surface area contributed by atoms with E-state index in [1.807, 2.05) is 32.0 Å². The number of hydrogen-bond donors (Lipinski definition) is 2. The number of ether oxygens (including phenoxy) is 1. The van der Waals surface area contributed by atoms with E-state index < -0.39 is 0 Å². The number of amides is 1. The van der Waals surface area contributed by atoms with Crippen molar-refractivity contribution in [3.05, 3.63) is 93.9 Å². The minimum absolute atomic E-state index is 0.184. The highest BCUT2D eigenvalue weighted by Crippen LogP contribution is 2.24. The predicted molar refractivity (Wildman–Crippen MR) is 130 cm³/mol. The maximum absolute atomic E-state index is 13.1. The van der Waals surface area contributed by atoms with Gasteiger partial charge in [0.2, 0.25) is 0 Å². The quantitative estimate of drug-likeness (QED) is 0.424. The monoisotopic (exact) mass is 438 g/mol. The Morgan fingerprint density at radius 1 is 0.970 bits per heavy atom. The van der Waals surface area contributed by atoms with E-state index in [0.29, 0.717) is 38.8 Å². The maximum atomic E-state index is 13.1. The van der Waals surface area contributed by atoms with Gasteiger partial charge in [-0.15, -0.1) is 0 Å². The molecule has 0 spiro atoms. The number of nitrogens with one attached hydrogen (secondary N) is 2. The minimum atomic E-state index is -0.255. The van der Waals surface area contributed by atoms with Crippen molar-refractivity contribution in [2.75, 3.05) is 12.4 Å². The van der Waals surface area contributed by atoms with Crippen molar-refractivity contribution < 1.29 is 9.53 Å². The van der Waals surface area contributed by atoms with Gasteiger partial charge in [0, 0.05) is 22.8 Å². The third-order valence-corrected chi connectivity index (χ3v) is 5.88. The molecule has 0 saturated carbocycles. The van der Waals surface area contributed by atoms with Gasteiger partial charge in [-0.1, -0.05) is 6.07 Å². The van der Waals surface area contributed by atoms with Gasteiger partial charge in [-0.3, -0.25) is 19.7 Å². The summed E-state index contributed by atoms with van der Waals surface area (Å²) >= 11 is 0. The van der Waals surface area contributed by atoms with E-state index in [2.05, 4.69) is 15.4 Å². The Morgan fingerprint density at radius 3 is 2.48 bits per heavy atom. The molecule has 0 aliphatic rings. The largest absolute Gasteiger partial charge is 0.497 e. The van der Waals surface area contributed by atoms with Crippen LogP contribution in [-0.4, -0.2) is 27.8 Å². The van der Waals surface area contributed by atoms with Gasteiger partial charge >= 0.3 is 0 Å². The number of anilines is 1. The lowest BCUT2D eigenvalue weighted by atomic mass is 10.1. The number of aromatic nitrogens is 3. The maximum Gasteiger partial charge on any atom is 0.280 e. The first-order valence-corrected chi connectivity index (χ1v) is 10.5. The second kappa shape index (κ2) is 7.94. The second-order valence-corrected chi connectivity index (χ2v) is 7.98. The van der Waals surface area contributed by atoms with Crippen LogP contribution >= 0.6 is 0 Å². The molecule has 2 aromatic heterocycles. The lowest BCUT2D eigenvalue weighted by molar-refractivity contribution is 0.102. The van der Waals surface area contributed by atoms with Gasteiger partial charge in [-0.25, -0.2) is 4.68 Å². The van der Waals surface area contributed by atoms with Crippen LogP contribution in [-0.2, 0) is 0 Å². The van der Waals surface area contributed by atoms with Crippen LogP contribution < -0.4 is 15.6 Å². The molecule has 0 unspecified atom stereocenters. The van der Waals surface area contributed by atoms with Crippen LogP contribution in [0.25, 0.3) is 27.5 Å². The molecule has 1 amide bonds. The summed E-state index contributed by atoms with van der Waals surface area (Å²) in [7, 11) is 1.59. The van der Waals surface area contributed by atoms with Gasteiger partial charge in [-0.05, 0) is 79.6 Å². The van der Waals surface area contributed by atoms with Crippen molar-refractivity contribution in [1.29, 1.82) is 0 Å². The van der Waals surface area contributed by atoms with Crippen LogP contribution in [0.15, 0.2) is 71.7 Å². The summed E-state index contributed by atoms with van der Waals surface area (Å²) in [6.45, 7) is 4.04. The topological polar surface area (TPSA) is 89.0 Å². The highest BCUT2D eigenvalue weighted by atomic mass is 16.5. The molecule has 5 aromatic rings. The van der Waals surface area contributed by atoms with Crippen molar-refractivity contribution in [2.45, 2.75) is 13.8 Å². The fraction of sp³-hybridized carbons (Fsp3) is 0.115. The van der Waals surface area contributed by atoms with Crippen molar-refractivity contribution in [3.8, 4) is 11.4 Å². The van der Waals surface area contributed by atoms with Crippen molar-refractivity contribution in [2.24, 2.45) is 0 Å². The second-order valence-electron chi connectivity index (χ2n) is 7.98. The van der Waals surface area contributed by atoms with E-state index in [0.717, 1.165) is 16.8 Å². The highest BCUT2D eigenvalue weighted by molar-refractivity contribution is 6.10. The molecule has 3 aromatic carbocycles. The van der Waals surface area contributed by atoms with Gasteiger partial charge in [-0.2, -0.15) is 0 Å². The molecule has 5 rings (SSSR count). The molecule has 0 radical (unpaired) electrons. The van der Waals surface area contributed by atoms with Gasteiger partial charge in [0.05, 0.1) is 29.2 Å². The highest BCUT2D eigenvalue weighted by Gasteiger charge is 2.15. The van der Waals surface area contributed by atoms with Gasteiger partial charge in [0.1, 0.15) is 5.75 Å². The normalized spacial score (nSPS) is 11.1. The number of nitrogens with zero attached hydrogens (tertiary/aromatic N) is 2. The number of hydrogen-bond acceptors (Lipinski definition) is 4. The summed E-state index contributed by atoms with van der Waals surface area (Å²) in [5.74, 6) is 0.458. The standard InChI is InChI=1S/C26H22N4O3/c1-15-4-8-19(12-16(15)2)30-26(32)22-14-27-23-11-5-17(13-21(23)24(22)29-30)25(31)28-18-6-9-20(33-3)10-7-18/h4-14,29H,1-3H3,(H,28,31). The molecule has 0 fully saturated rings. The van der Waals surface area contributed by atoms with E-state index in [4.69, 9.17) is 4.74 Å². The number of carbonyl (C=O) groups excluding carboxylic acids is 1. The number of fused-ring (bicyclic) bond motifs is 3. The Hall–Kier alpha value is -4.39. The molecule has 0 aliphatic heterocycles. The summed E-state index contributed by atoms with van der Waals surface area (Å²) in [6.07, 6.45) is 1.57. The van der Waals surface area contributed by atoms with Crippen molar-refractivity contribution in [1.82, 2.24) is 14.8 Å². The third-order valence-electron chi connectivity index (χ3n) is 5.88. The van der Waals surface area contributed by atoms with Crippen LogP contribution in [0.5, 0.6) is 5.75 Å². The molecule has 0 saturated heterocycles. The number of pyridine rings is 1. The smallest absolute Gasteiger partial charge is 0.280 e. The van der Waals surface area contributed by atoms with E-state index in [1.165, 1.54) is 4.68 Å². The first-order chi connectivity index (χ1) is 15.9. The van der Waals surface area contributed by atoms with Gasteiger partial charge in [0.25, 0.3) is 11.5 Å². The number of benzene rings is 3. The zero-order valence-electron chi connectivity index (χ0n) is 18.5. The molecule has 7 nitrogen and oxygen atoms in total. The lowest BCUT2D eigenvalue weighted by Crippen LogP contribution is -2.14. The fourth-order valence-electron chi connectivity index (χ4n) is 3.82. The summed E-state index contributed by atoms with van der Waals surface area (Å²) in [4.78, 5) is 30.4. The Kier molecular flexibility index (Phi) is 4.94. The van der Waals surface area contributed by atoms with Crippen LogP contribution in [0.4, 0.5) is 5.69 Å². The van der Waals surface area contributed by atoms with Crippen LogP contribution in [0.1, 0.15) is 21.5 Å². The number of aryl methyl sites for hydroxylation is 2. The van der Waals surface area contributed by atoms with Crippen molar-refractivity contribution >= 4 is 33.4 Å². The van der Waals surface area contributed by atoms with E-state index >= 15 is 0 Å². The van der Waals surface area contributed by atoms with E-state index in [1.54, 1.807) is 55.8 Å². The van der Waals surface area contributed by atoms with Crippen LogP contribution in [0, 0.1) is 13.8 Å². The third kappa shape index (κ3) is 3.63. The molecule has 164 valence electrons. The summed E-state index contributed by atoms with van der Waals surface area (Å²) in [5, 5.41) is 7.27. The Balaban J connectivity index is 1.57. The Morgan fingerprint density at radius 2 is 1.76 bits per heavy atom. The predicted octanol–water partition coefficient (Wildman–Crippen LogP) is 4.74. The summed E-state index contributed by atoms with van der Waals surface area (Å²) in [6, 6.07) is 18.2. The Bertz CT molecular complexity index is 1580. The summed E-state index contributed by atoms with van der Waals surface area (Å²) < 4.78 is 6.67. The zero-order valence-corrected chi connectivity index (χ0v) is 18.5. The average molecular weight is 438 g/mol. The molecular weight excluding hydrogens is 416 g/mol. The molecule has 2 heterocycles. The van der Waals surface area contributed by atoms with E-state index in [9.17, 15) is 9.59 Å². The van der Waals surface area contributed by atoms with Gasteiger partial charge in [0.15, 0.2) is 0 Å². The molecule has 2 N–H and O–H groups in total. The van der Waals surface area contributed by atoms with E-state index in [-0.39, 0.29) is 11.5 Å². The zero-order chi connectivity index (χ0) is 23.1. The number of rotatable bonds is 4. The molecule has 33 heavy (non-hydrogen) atoms. The number of H-pyrrole nitrogens is 1. The molecule has 0 bridgehead atoms. The number of methoxy groups -OCH3 is 1. The number of carbonyl (C=O) groups is 1. The SMILES string of the molecule is COc1ccc(NC(=O)c2ccc3ncc4c(=O)n(-c5ccc(C)c(C)c5)[nH]c4c3c2)cc1. The average Bonchev–Trinajstić information content (AvgIpc) is 3.18. The van der Waals surface area contributed by atoms with Crippen LogP contribution in [0.3, 0.4) is 0 Å². The first-order valence-electron chi connectivity index (χ1n) is 10.5. The number of aromatic amines is 1. The fourth-order valence-corrected chi connectivity index (χ4v) is 3.82. The summed E-state index contributed by atoms with van der Waals surface area (Å²) in [5.41, 5.74) is 5.27. The van der Waals surface area contributed by atoms with Gasteiger partial charge < -0.3 is 10.1 Å².